The number of hydrogen-bond donors (Lipinski definition) is 6. The molecule has 0 spiro atoms. The molecule has 5 bridgehead atoms. The highest BCUT2D eigenvalue weighted by Gasteiger charge is 2.50. The molecule has 4 aliphatic heterocycles. The molecule has 16 heteroatoms. The first-order valence-corrected chi connectivity index (χ1v) is 20.2. The van der Waals surface area contributed by atoms with Crippen molar-refractivity contribution >= 4 is 46.7 Å². The standard InChI is InChI=1S/C44H58N4O12/c1-22-14-13-15-23(2)43(56)47-34-29(20-45-46-21-48-17-11-10-12-18-48)38(53)31-32(39(34)54)37(52)27(6)41-33(31)42(55)44(8,60-41)58-19-16-30(57-9)24(3)40(59-28(7)49)26(5)36(51)25(4)35(22)50/h13-16,19-22,24-26,30,35-36,40,50-54H,10-12,17-18H2,1-9H3,(H,47,56)/b14-13+,19-16+,23-15-,45-20-,46-21-/t22-,24+,25+,26-,30-,35-,36-,40+,44-/m0/s1. The van der Waals surface area contributed by atoms with Crippen LogP contribution in [-0.2, 0) is 23.8 Å². The number of aromatic hydroxyl groups is 3. The second kappa shape index (κ2) is 18.9. The number of ketones is 1. The summed E-state index contributed by atoms with van der Waals surface area (Å²) in [6.45, 7) is 14.1. The smallest absolute Gasteiger partial charge is 0.312 e. The number of nitrogens with zero attached hydrogens (tertiary/aromatic N) is 3. The van der Waals surface area contributed by atoms with E-state index in [1.165, 1.54) is 53.2 Å². The summed E-state index contributed by atoms with van der Waals surface area (Å²) in [5.74, 6) is -8.56. The molecule has 326 valence electrons. The van der Waals surface area contributed by atoms with Gasteiger partial charge in [-0.1, -0.05) is 45.9 Å². The van der Waals surface area contributed by atoms with Crippen LogP contribution in [0.25, 0.3) is 10.8 Å². The number of carbonyl (C=O) groups is 3. The monoisotopic (exact) mass is 834 g/mol. The second-order valence-electron chi connectivity index (χ2n) is 16.2. The number of aliphatic hydroxyl groups is 2. The molecule has 1 amide bonds. The number of allylic oxidation sites excluding steroid dienone is 2. The number of fused-ring (bicyclic) bond motifs is 14. The first kappa shape index (κ1) is 45.6. The van der Waals surface area contributed by atoms with Crippen LogP contribution in [0.3, 0.4) is 0 Å². The zero-order chi connectivity index (χ0) is 44.2. The molecule has 0 aromatic heterocycles. The van der Waals surface area contributed by atoms with Gasteiger partial charge in [0.05, 0.1) is 53.0 Å². The van der Waals surface area contributed by atoms with Crippen LogP contribution in [0.2, 0.25) is 0 Å². The Morgan fingerprint density at radius 3 is 2.27 bits per heavy atom. The van der Waals surface area contributed by atoms with E-state index < -0.39 is 88.8 Å². The van der Waals surface area contributed by atoms with Crippen molar-refractivity contribution in [2.24, 2.45) is 33.9 Å². The van der Waals surface area contributed by atoms with Gasteiger partial charge in [-0.05, 0) is 39.2 Å². The van der Waals surface area contributed by atoms with Gasteiger partial charge in [0.25, 0.3) is 11.7 Å². The van der Waals surface area contributed by atoms with Crippen molar-refractivity contribution in [2.45, 2.75) is 105 Å². The van der Waals surface area contributed by atoms with Crippen molar-refractivity contribution in [3.63, 3.8) is 0 Å². The molecule has 60 heavy (non-hydrogen) atoms. The summed E-state index contributed by atoms with van der Waals surface area (Å²) >= 11 is 0. The number of amides is 1. The molecule has 1 saturated heterocycles. The van der Waals surface area contributed by atoms with E-state index in [1.807, 2.05) is 4.90 Å². The number of phenols is 3. The average molecular weight is 835 g/mol. The molecule has 16 nitrogen and oxygen atoms in total. The third-order valence-electron chi connectivity index (χ3n) is 11.9. The van der Waals surface area contributed by atoms with Crippen molar-refractivity contribution in [2.75, 3.05) is 25.5 Å². The Bertz CT molecular complexity index is 2120. The first-order chi connectivity index (χ1) is 28.3. The van der Waals surface area contributed by atoms with E-state index in [2.05, 4.69) is 15.5 Å². The molecule has 9 atom stereocenters. The molecule has 6 N–H and O–H groups in total. The normalized spacial score (nSPS) is 31.5. The molecule has 6 rings (SSSR count). The summed E-state index contributed by atoms with van der Waals surface area (Å²) in [4.78, 5) is 42.4. The van der Waals surface area contributed by atoms with Crippen LogP contribution in [0.15, 0.2) is 46.3 Å². The minimum absolute atomic E-state index is 0.0408. The van der Waals surface area contributed by atoms with E-state index >= 15 is 0 Å². The number of esters is 1. The summed E-state index contributed by atoms with van der Waals surface area (Å²) in [7, 11) is 1.43. The maximum Gasteiger partial charge on any atom is 0.312 e. The summed E-state index contributed by atoms with van der Waals surface area (Å²) in [6, 6.07) is 0. The summed E-state index contributed by atoms with van der Waals surface area (Å²) < 4.78 is 23.6. The fraction of sp³-hybridized carbons (Fsp3) is 0.523. The molecule has 0 unspecified atom stereocenters. The Hall–Kier alpha value is -5.45. The van der Waals surface area contributed by atoms with Crippen LogP contribution < -0.4 is 10.1 Å². The number of anilines is 1. The number of aliphatic hydroxyl groups excluding tert-OH is 2. The van der Waals surface area contributed by atoms with Crippen LogP contribution in [0.5, 0.6) is 23.0 Å². The van der Waals surface area contributed by atoms with E-state index in [4.69, 9.17) is 18.9 Å². The van der Waals surface area contributed by atoms with Gasteiger partial charge in [-0.15, -0.1) is 5.10 Å². The first-order valence-electron chi connectivity index (χ1n) is 20.2. The van der Waals surface area contributed by atoms with Crippen molar-refractivity contribution in [1.29, 1.82) is 0 Å². The maximum atomic E-state index is 14.4. The molecular formula is C44H58N4O12. The van der Waals surface area contributed by atoms with Crippen LogP contribution in [-0.4, -0.2) is 111 Å². The fourth-order valence-electron chi connectivity index (χ4n) is 8.10. The van der Waals surface area contributed by atoms with Crippen LogP contribution in [0, 0.1) is 30.6 Å². The molecule has 2 aromatic carbocycles. The lowest BCUT2D eigenvalue weighted by molar-refractivity contribution is -0.160. The molecule has 0 saturated carbocycles. The number of nitrogens with one attached hydrogen (secondary N) is 1. The minimum Gasteiger partial charge on any atom is -0.507 e. The van der Waals surface area contributed by atoms with Crippen LogP contribution >= 0.6 is 0 Å². The maximum absolute atomic E-state index is 14.4. The number of phenolic OH excluding ortho intramolecular Hbond substituents is 3. The number of likely N-dealkylation sites (tertiary alicyclic amines) is 1. The topological polar surface area (TPSA) is 229 Å². The number of Topliss-reactive ketones (excluding diaryl/α,β-unsaturated/α-hetero) is 1. The lowest BCUT2D eigenvalue weighted by atomic mass is 9.78. The quantitative estimate of drug-likeness (QED) is 0.0539. The largest absolute Gasteiger partial charge is 0.507 e. The lowest BCUT2D eigenvalue weighted by Gasteiger charge is -2.38. The van der Waals surface area contributed by atoms with Gasteiger partial charge in [0.1, 0.15) is 29.7 Å². The van der Waals surface area contributed by atoms with Crippen LogP contribution in [0.1, 0.15) is 89.2 Å². The predicted molar refractivity (Wildman–Crippen MR) is 225 cm³/mol. The summed E-state index contributed by atoms with van der Waals surface area (Å²) in [5, 5.41) is 68.6. The fourth-order valence-corrected chi connectivity index (χ4v) is 8.10. The number of rotatable bonds is 5. The van der Waals surface area contributed by atoms with Crippen molar-refractivity contribution in [1.82, 2.24) is 4.90 Å². The third kappa shape index (κ3) is 9.15. The van der Waals surface area contributed by atoms with Gasteiger partial charge >= 0.3 is 11.8 Å². The van der Waals surface area contributed by atoms with E-state index in [0.29, 0.717) is 0 Å². The van der Waals surface area contributed by atoms with E-state index in [1.54, 1.807) is 46.2 Å². The van der Waals surface area contributed by atoms with Gasteiger partial charge in [0, 0.05) is 74.2 Å². The number of carbonyl (C=O) groups excluding carboxylic acids is 3. The van der Waals surface area contributed by atoms with E-state index in [0.717, 1.165) is 38.6 Å². The molecule has 2 aromatic rings. The summed E-state index contributed by atoms with van der Waals surface area (Å²) in [5.41, 5.74) is -0.544. The minimum atomic E-state index is -2.06. The van der Waals surface area contributed by atoms with E-state index in [9.17, 15) is 39.9 Å². The van der Waals surface area contributed by atoms with Gasteiger partial charge in [-0.25, -0.2) is 0 Å². The number of hydrogen-bond acceptors (Lipinski definition) is 14. The molecule has 0 aliphatic carbocycles. The Kier molecular flexibility index (Phi) is 14.3. The number of benzene rings is 2. The highest BCUT2D eigenvalue weighted by molar-refractivity contribution is 6.23. The SMILES string of the molecule is CO[C@H]1/C=C/O[C@@]2(C)Oc3c(C)c(O)c4c(O)c(c(/C=N\N=C/N5CCCCC5)c(O)c4c3C2=O)NC(=O)/C(C)=C\C=C\[C@H](C)[C@H](O)[C@@H](C)[C@H](O)[C@H](C)[C@H](OC(C)=O)[C@@H]1C. The highest BCUT2D eigenvalue weighted by atomic mass is 16.7. The molecule has 4 aliphatic rings. The van der Waals surface area contributed by atoms with Crippen molar-refractivity contribution in [3.8, 4) is 23.0 Å². The second-order valence-corrected chi connectivity index (χ2v) is 16.2. The van der Waals surface area contributed by atoms with Gasteiger partial charge in [-0.2, -0.15) is 5.10 Å². The van der Waals surface area contributed by atoms with Crippen molar-refractivity contribution in [3.05, 3.63) is 52.8 Å². The molecule has 4 heterocycles. The van der Waals surface area contributed by atoms with Gasteiger partial charge in [0.15, 0.2) is 5.75 Å². The number of ether oxygens (including phenoxy) is 4. The van der Waals surface area contributed by atoms with E-state index in [-0.39, 0.29) is 44.5 Å². The number of piperidine rings is 1. The van der Waals surface area contributed by atoms with Crippen LogP contribution in [0.4, 0.5) is 5.69 Å². The highest BCUT2D eigenvalue weighted by Crippen LogP contribution is 2.55. The molecular weight excluding hydrogens is 776 g/mol. The Morgan fingerprint density at radius 2 is 1.62 bits per heavy atom. The third-order valence-corrected chi connectivity index (χ3v) is 11.9. The van der Waals surface area contributed by atoms with Gasteiger partial charge in [0.2, 0.25) is 0 Å². The summed E-state index contributed by atoms with van der Waals surface area (Å²) in [6.07, 6.45) is 9.29. The van der Waals surface area contributed by atoms with Crippen molar-refractivity contribution < 1.29 is 58.9 Å². The zero-order valence-corrected chi connectivity index (χ0v) is 35.6. The molecule has 1 fully saturated rings. The zero-order valence-electron chi connectivity index (χ0n) is 35.6. The van der Waals surface area contributed by atoms with Gasteiger partial charge < -0.3 is 54.7 Å². The molecule has 0 radical (unpaired) electrons. The average Bonchev–Trinajstić information content (AvgIpc) is 3.48. The lowest BCUT2D eigenvalue weighted by Crippen LogP contribution is -2.46. The Balaban J connectivity index is 1.69. The van der Waals surface area contributed by atoms with Gasteiger partial charge in [-0.3, -0.25) is 14.4 Å². The predicted octanol–water partition coefficient (Wildman–Crippen LogP) is 5.60. The Labute approximate surface area is 349 Å². The number of methoxy groups -OCH3 is 1. The Morgan fingerprint density at radius 1 is 0.933 bits per heavy atom.